The standard InChI is InChI=1S/C8H14O2/c1-3-4-5-6-7-10-8-9-2/h3-6H,7-8H2,1-2H3/b4-3+,6-5+. The van der Waals surface area contributed by atoms with Crippen molar-refractivity contribution in [2.24, 2.45) is 0 Å². The Morgan fingerprint density at radius 2 is 2.10 bits per heavy atom. The summed E-state index contributed by atoms with van der Waals surface area (Å²) >= 11 is 0. The third-order valence-electron chi connectivity index (χ3n) is 0.855. The molecule has 58 valence electrons. The van der Waals surface area contributed by atoms with Crippen LogP contribution in [-0.2, 0) is 9.47 Å². The summed E-state index contributed by atoms with van der Waals surface area (Å²) in [5, 5.41) is 0. The first-order valence-corrected chi connectivity index (χ1v) is 3.26. The second-order valence-corrected chi connectivity index (χ2v) is 1.73. The molecule has 0 saturated heterocycles. The highest BCUT2D eigenvalue weighted by Crippen LogP contribution is 1.79. The average Bonchev–Trinajstić information content (AvgIpc) is 1.97. The molecule has 0 N–H and O–H groups in total. The highest BCUT2D eigenvalue weighted by molar-refractivity contribution is 5.00. The van der Waals surface area contributed by atoms with Crippen LogP contribution in [0.1, 0.15) is 6.92 Å². The van der Waals surface area contributed by atoms with E-state index in [0.29, 0.717) is 13.4 Å². The van der Waals surface area contributed by atoms with Crippen molar-refractivity contribution < 1.29 is 9.47 Å². The number of ether oxygens (including phenoxy) is 2. The minimum atomic E-state index is 0.361. The number of allylic oxidation sites excluding steroid dienone is 3. The van der Waals surface area contributed by atoms with Crippen LogP contribution >= 0.6 is 0 Å². The van der Waals surface area contributed by atoms with Gasteiger partial charge in [-0.15, -0.1) is 0 Å². The molecule has 0 atom stereocenters. The van der Waals surface area contributed by atoms with E-state index < -0.39 is 0 Å². The van der Waals surface area contributed by atoms with Crippen LogP contribution in [0.5, 0.6) is 0 Å². The first-order valence-electron chi connectivity index (χ1n) is 3.26. The van der Waals surface area contributed by atoms with Crippen molar-refractivity contribution in [2.75, 3.05) is 20.5 Å². The van der Waals surface area contributed by atoms with E-state index in [-0.39, 0.29) is 0 Å². The van der Waals surface area contributed by atoms with Gasteiger partial charge in [0, 0.05) is 7.11 Å². The summed E-state index contributed by atoms with van der Waals surface area (Å²) < 4.78 is 9.66. The zero-order valence-corrected chi connectivity index (χ0v) is 6.54. The Morgan fingerprint density at radius 1 is 1.30 bits per heavy atom. The van der Waals surface area contributed by atoms with Gasteiger partial charge in [0.2, 0.25) is 0 Å². The van der Waals surface area contributed by atoms with Gasteiger partial charge in [-0.25, -0.2) is 0 Å². The minimum absolute atomic E-state index is 0.361. The lowest BCUT2D eigenvalue weighted by molar-refractivity contribution is -0.0186. The highest BCUT2D eigenvalue weighted by atomic mass is 16.7. The molecule has 10 heavy (non-hydrogen) atoms. The van der Waals surface area contributed by atoms with Gasteiger partial charge in [-0.05, 0) is 6.92 Å². The van der Waals surface area contributed by atoms with Crippen LogP contribution in [0.4, 0.5) is 0 Å². The Hall–Kier alpha value is -0.600. The van der Waals surface area contributed by atoms with Crippen molar-refractivity contribution in [2.45, 2.75) is 6.92 Å². The smallest absolute Gasteiger partial charge is 0.146 e. The normalized spacial score (nSPS) is 11.8. The van der Waals surface area contributed by atoms with Gasteiger partial charge >= 0.3 is 0 Å². The quantitative estimate of drug-likeness (QED) is 0.330. The van der Waals surface area contributed by atoms with E-state index in [1.807, 2.05) is 31.2 Å². The molecule has 0 aliphatic rings. The summed E-state index contributed by atoms with van der Waals surface area (Å²) in [4.78, 5) is 0. The van der Waals surface area contributed by atoms with Gasteiger partial charge in [0.25, 0.3) is 0 Å². The highest BCUT2D eigenvalue weighted by Gasteiger charge is 1.76. The van der Waals surface area contributed by atoms with E-state index in [1.165, 1.54) is 0 Å². The summed E-state index contributed by atoms with van der Waals surface area (Å²) in [5.74, 6) is 0. The Morgan fingerprint density at radius 3 is 2.70 bits per heavy atom. The summed E-state index contributed by atoms with van der Waals surface area (Å²) in [6.45, 7) is 2.94. The van der Waals surface area contributed by atoms with Crippen LogP contribution < -0.4 is 0 Å². The SMILES string of the molecule is C/C=C/C=C/COCOC. The van der Waals surface area contributed by atoms with Gasteiger partial charge in [0.15, 0.2) is 0 Å². The van der Waals surface area contributed by atoms with Gasteiger partial charge in [-0.3, -0.25) is 0 Å². The van der Waals surface area contributed by atoms with Crippen LogP contribution in [-0.4, -0.2) is 20.5 Å². The van der Waals surface area contributed by atoms with E-state index in [0.717, 1.165) is 0 Å². The Balaban J connectivity index is 3.02. The molecule has 2 nitrogen and oxygen atoms in total. The molecule has 0 bridgehead atoms. The number of hydrogen-bond acceptors (Lipinski definition) is 2. The van der Waals surface area contributed by atoms with Crippen LogP contribution in [0, 0.1) is 0 Å². The molecule has 0 saturated carbocycles. The molecular weight excluding hydrogens is 128 g/mol. The molecule has 0 amide bonds. The Labute approximate surface area is 62.1 Å². The molecule has 0 aromatic rings. The lowest BCUT2D eigenvalue weighted by atomic mass is 10.4. The molecule has 0 unspecified atom stereocenters. The van der Waals surface area contributed by atoms with E-state index in [4.69, 9.17) is 4.74 Å². The maximum Gasteiger partial charge on any atom is 0.146 e. The van der Waals surface area contributed by atoms with Gasteiger partial charge in [0.1, 0.15) is 6.79 Å². The van der Waals surface area contributed by atoms with Crippen molar-refractivity contribution in [1.29, 1.82) is 0 Å². The molecular formula is C8H14O2. The lowest BCUT2D eigenvalue weighted by Gasteiger charge is -1.95. The van der Waals surface area contributed by atoms with Crippen molar-refractivity contribution in [3.05, 3.63) is 24.3 Å². The maximum absolute atomic E-state index is 4.99. The largest absolute Gasteiger partial charge is 0.359 e. The minimum Gasteiger partial charge on any atom is -0.359 e. The zero-order chi connectivity index (χ0) is 7.66. The predicted octanol–water partition coefficient (Wildman–Crippen LogP) is 1.74. The monoisotopic (exact) mass is 142 g/mol. The number of rotatable bonds is 5. The number of methoxy groups -OCH3 is 1. The molecule has 0 spiro atoms. The van der Waals surface area contributed by atoms with Crippen LogP contribution in [0.15, 0.2) is 24.3 Å². The fraction of sp³-hybridized carbons (Fsp3) is 0.500. The first-order chi connectivity index (χ1) is 4.91. The second kappa shape index (κ2) is 8.40. The third kappa shape index (κ3) is 7.40. The topological polar surface area (TPSA) is 18.5 Å². The maximum atomic E-state index is 4.99. The van der Waals surface area contributed by atoms with E-state index >= 15 is 0 Å². The summed E-state index contributed by atoms with van der Waals surface area (Å²) in [6, 6.07) is 0. The fourth-order valence-electron chi connectivity index (χ4n) is 0.445. The van der Waals surface area contributed by atoms with Crippen molar-refractivity contribution in [3.63, 3.8) is 0 Å². The number of hydrogen-bond donors (Lipinski definition) is 0. The molecule has 2 heteroatoms. The second-order valence-electron chi connectivity index (χ2n) is 1.73. The Bertz CT molecular complexity index is 106. The average molecular weight is 142 g/mol. The molecule has 0 aliphatic carbocycles. The van der Waals surface area contributed by atoms with Gasteiger partial charge in [-0.1, -0.05) is 24.3 Å². The van der Waals surface area contributed by atoms with E-state index in [1.54, 1.807) is 7.11 Å². The van der Waals surface area contributed by atoms with Gasteiger partial charge in [0.05, 0.1) is 6.61 Å². The molecule has 0 radical (unpaired) electrons. The van der Waals surface area contributed by atoms with Crippen molar-refractivity contribution in [1.82, 2.24) is 0 Å². The van der Waals surface area contributed by atoms with E-state index in [9.17, 15) is 0 Å². The summed E-state index contributed by atoms with van der Waals surface area (Å²) in [7, 11) is 1.61. The molecule has 0 rings (SSSR count). The zero-order valence-electron chi connectivity index (χ0n) is 6.54. The molecule has 0 aromatic heterocycles. The molecule has 0 heterocycles. The summed E-state index contributed by atoms with van der Waals surface area (Å²) in [5.41, 5.74) is 0. The third-order valence-corrected chi connectivity index (χ3v) is 0.855. The van der Waals surface area contributed by atoms with Gasteiger partial charge < -0.3 is 9.47 Å². The Kier molecular flexibility index (Phi) is 7.90. The molecule has 0 fully saturated rings. The summed E-state index contributed by atoms with van der Waals surface area (Å²) in [6.07, 6.45) is 7.79. The van der Waals surface area contributed by atoms with Crippen molar-refractivity contribution >= 4 is 0 Å². The van der Waals surface area contributed by atoms with Crippen LogP contribution in [0.2, 0.25) is 0 Å². The first kappa shape index (κ1) is 9.40. The van der Waals surface area contributed by atoms with Gasteiger partial charge in [-0.2, -0.15) is 0 Å². The van der Waals surface area contributed by atoms with Crippen molar-refractivity contribution in [3.8, 4) is 0 Å². The fourth-order valence-corrected chi connectivity index (χ4v) is 0.445. The lowest BCUT2D eigenvalue weighted by Crippen LogP contribution is -1.94. The molecule has 0 aromatic carbocycles. The van der Waals surface area contributed by atoms with Crippen LogP contribution in [0.25, 0.3) is 0 Å². The predicted molar refractivity (Wildman–Crippen MR) is 41.8 cm³/mol. The molecule has 0 aliphatic heterocycles. The van der Waals surface area contributed by atoms with E-state index in [2.05, 4.69) is 4.74 Å². The van der Waals surface area contributed by atoms with Crippen LogP contribution in [0.3, 0.4) is 0 Å².